The number of imidazole rings is 1. The lowest BCUT2D eigenvalue weighted by Gasteiger charge is -2.29. The standard InChI is InChI=1S/C23H21FN4O/c1-15-6-2-3-7-16(15)12-27-11-10-20-18(13-27)22-25-21(14-28(22)23(29)26-20)17-8-4-5-9-19(17)24/h2-9,14H,10-13H2,1H3,(H,26,29). The van der Waals surface area contributed by atoms with Crippen molar-refractivity contribution in [3.05, 3.63) is 93.4 Å². The van der Waals surface area contributed by atoms with Gasteiger partial charge in [0.05, 0.1) is 5.69 Å². The maximum atomic E-state index is 14.2. The van der Waals surface area contributed by atoms with Gasteiger partial charge in [0.2, 0.25) is 0 Å². The molecule has 1 aliphatic rings. The van der Waals surface area contributed by atoms with Gasteiger partial charge in [-0.25, -0.2) is 14.2 Å². The van der Waals surface area contributed by atoms with Crippen LogP contribution in [-0.2, 0) is 19.5 Å². The third kappa shape index (κ3) is 3.15. The van der Waals surface area contributed by atoms with Crippen molar-refractivity contribution in [1.82, 2.24) is 19.3 Å². The van der Waals surface area contributed by atoms with Gasteiger partial charge in [0, 0.05) is 49.1 Å². The molecule has 1 N–H and O–H groups in total. The molecule has 5 nitrogen and oxygen atoms in total. The molecule has 0 radical (unpaired) electrons. The van der Waals surface area contributed by atoms with E-state index >= 15 is 0 Å². The van der Waals surface area contributed by atoms with Crippen molar-refractivity contribution in [2.75, 3.05) is 6.54 Å². The maximum absolute atomic E-state index is 14.2. The Balaban J connectivity index is 1.55. The Morgan fingerprint density at radius 2 is 1.93 bits per heavy atom. The first-order valence-corrected chi connectivity index (χ1v) is 9.75. The van der Waals surface area contributed by atoms with Crippen LogP contribution in [0.1, 0.15) is 22.4 Å². The number of halogens is 1. The molecule has 2 aromatic carbocycles. The molecule has 0 bridgehead atoms. The third-order valence-corrected chi connectivity index (χ3v) is 5.68. The molecule has 0 saturated carbocycles. The second-order valence-electron chi connectivity index (χ2n) is 7.57. The lowest BCUT2D eigenvalue weighted by molar-refractivity contribution is 0.243. The fourth-order valence-corrected chi connectivity index (χ4v) is 4.06. The average molecular weight is 388 g/mol. The van der Waals surface area contributed by atoms with Crippen LogP contribution in [-0.4, -0.2) is 25.8 Å². The van der Waals surface area contributed by atoms with E-state index in [0.29, 0.717) is 23.4 Å². The van der Waals surface area contributed by atoms with Crippen LogP contribution in [0.15, 0.2) is 59.5 Å². The summed E-state index contributed by atoms with van der Waals surface area (Å²) >= 11 is 0. The van der Waals surface area contributed by atoms with Crippen LogP contribution in [0.4, 0.5) is 4.39 Å². The van der Waals surface area contributed by atoms with Crippen molar-refractivity contribution in [3.8, 4) is 11.3 Å². The van der Waals surface area contributed by atoms with Gasteiger partial charge in [-0.2, -0.15) is 0 Å². The second-order valence-corrected chi connectivity index (χ2v) is 7.57. The zero-order valence-corrected chi connectivity index (χ0v) is 16.2. The number of fused-ring (bicyclic) bond motifs is 3. The van der Waals surface area contributed by atoms with Gasteiger partial charge < -0.3 is 4.98 Å². The van der Waals surface area contributed by atoms with Crippen LogP contribution >= 0.6 is 0 Å². The van der Waals surface area contributed by atoms with Gasteiger partial charge >= 0.3 is 5.69 Å². The van der Waals surface area contributed by atoms with E-state index in [-0.39, 0.29) is 11.5 Å². The van der Waals surface area contributed by atoms with E-state index in [1.807, 2.05) is 6.07 Å². The molecule has 29 heavy (non-hydrogen) atoms. The quantitative estimate of drug-likeness (QED) is 0.582. The highest BCUT2D eigenvalue weighted by Gasteiger charge is 2.23. The number of benzene rings is 2. The van der Waals surface area contributed by atoms with Crippen molar-refractivity contribution in [3.63, 3.8) is 0 Å². The normalized spacial score (nSPS) is 14.3. The molecule has 6 heteroatoms. The third-order valence-electron chi connectivity index (χ3n) is 5.68. The molecule has 0 amide bonds. The van der Waals surface area contributed by atoms with Crippen LogP contribution in [0.3, 0.4) is 0 Å². The van der Waals surface area contributed by atoms with Gasteiger partial charge in [0.25, 0.3) is 0 Å². The summed E-state index contributed by atoms with van der Waals surface area (Å²) in [5.74, 6) is -0.345. The van der Waals surface area contributed by atoms with Crippen LogP contribution in [0.5, 0.6) is 0 Å². The number of nitrogens with one attached hydrogen (secondary N) is 1. The molecule has 146 valence electrons. The highest BCUT2D eigenvalue weighted by atomic mass is 19.1. The van der Waals surface area contributed by atoms with Gasteiger partial charge in [0.1, 0.15) is 11.5 Å². The fourth-order valence-electron chi connectivity index (χ4n) is 4.06. The Morgan fingerprint density at radius 3 is 2.76 bits per heavy atom. The molecule has 2 aromatic heterocycles. The zero-order valence-electron chi connectivity index (χ0n) is 16.2. The summed E-state index contributed by atoms with van der Waals surface area (Å²) in [4.78, 5) is 22.6. The molecule has 0 atom stereocenters. The lowest BCUT2D eigenvalue weighted by Crippen LogP contribution is -2.34. The van der Waals surface area contributed by atoms with E-state index < -0.39 is 0 Å². The average Bonchev–Trinajstić information content (AvgIpc) is 3.17. The number of hydrogen-bond acceptors (Lipinski definition) is 3. The van der Waals surface area contributed by atoms with Crippen molar-refractivity contribution < 1.29 is 4.39 Å². The summed E-state index contributed by atoms with van der Waals surface area (Å²) in [5.41, 5.74) is 5.74. The number of nitrogens with zero attached hydrogens (tertiary/aromatic N) is 3. The molecule has 0 fully saturated rings. The summed E-state index contributed by atoms with van der Waals surface area (Å²) in [7, 11) is 0. The summed E-state index contributed by atoms with van der Waals surface area (Å²) in [6, 6.07) is 14.9. The Labute approximate surface area is 167 Å². The van der Waals surface area contributed by atoms with Crippen LogP contribution in [0.25, 0.3) is 16.9 Å². The van der Waals surface area contributed by atoms with E-state index in [1.165, 1.54) is 21.6 Å². The van der Waals surface area contributed by atoms with Crippen LogP contribution in [0.2, 0.25) is 0 Å². The monoisotopic (exact) mass is 388 g/mol. The Kier molecular flexibility index (Phi) is 4.28. The predicted molar refractivity (Wildman–Crippen MR) is 110 cm³/mol. The Hall–Kier alpha value is -3.25. The molecule has 1 aliphatic heterocycles. The maximum Gasteiger partial charge on any atom is 0.331 e. The Bertz CT molecular complexity index is 1270. The van der Waals surface area contributed by atoms with E-state index in [2.05, 4.69) is 40.0 Å². The van der Waals surface area contributed by atoms with E-state index in [9.17, 15) is 9.18 Å². The fraction of sp³-hybridized carbons (Fsp3) is 0.217. The number of aryl methyl sites for hydroxylation is 1. The SMILES string of the molecule is Cc1ccccc1CN1CCc2[nH]c(=O)n3cc(-c4ccccc4F)nc3c2C1. The molecular weight excluding hydrogens is 367 g/mol. The van der Waals surface area contributed by atoms with Gasteiger partial charge in [-0.3, -0.25) is 9.30 Å². The molecular formula is C23H21FN4O. The zero-order chi connectivity index (χ0) is 20.0. The Morgan fingerprint density at radius 1 is 1.14 bits per heavy atom. The first kappa shape index (κ1) is 17.8. The van der Waals surface area contributed by atoms with E-state index in [1.54, 1.807) is 24.4 Å². The first-order chi connectivity index (χ1) is 14.1. The second kappa shape index (κ2) is 6.97. The van der Waals surface area contributed by atoms with E-state index in [0.717, 1.165) is 30.8 Å². The topological polar surface area (TPSA) is 53.4 Å². The number of hydrogen-bond donors (Lipinski definition) is 1. The molecule has 5 rings (SSSR count). The summed E-state index contributed by atoms with van der Waals surface area (Å²) in [5, 5.41) is 0. The first-order valence-electron chi connectivity index (χ1n) is 9.75. The smallest absolute Gasteiger partial charge is 0.310 e. The number of aromatic amines is 1. The molecule has 3 heterocycles. The van der Waals surface area contributed by atoms with Crippen LogP contribution < -0.4 is 5.69 Å². The van der Waals surface area contributed by atoms with Crippen molar-refractivity contribution in [1.29, 1.82) is 0 Å². The van der Waals surface area contributed by atoms with Crippen molar-refractivity contribution in [2.24, 2.45) is 0 Å². The number of aromatic nitrogens is 3. The minimum atomic E-state index is -0.345. The largest absolute Gasteiger partial charge is 0.331 e. The highest BCUT2D eigenvalue weighted by Crippen LogP contribution is 2.26. The predicted octanol–water partition coefficient (Wildman–Crippen LogP) is 3.70. The van der Waals surface area contributed by atoms with E-state index in [4.69, 9.17) is 0 Å². The summed E-state index contributed by atoms with van der Waals surface area (Å²) in [6.45, 7) is 4.53. The van der Waals surface area contributed by atoms with Gasteiger partial charge in [-0.05, 0) is 30.2 Å². The van der Waals surface area contributed by atoms with Gasteiger partial charge in [0.15, 0.2) is 0 Å². The number of rotatable bonds is 3. The molecule has 4 aromatic rings. The number of H-pyrrole nitrogens is 1. The minimum Gasteiger partial charge on any atom is -0.310 e. The molecule has 0 unspecified atom stereocenters. The summed E-state index contributed by atoms with van der Waals surface area (Å²) in [6.07, 6.45) is 2.38. The molecule has 0 aliphatic carbocycles. The summed E-state index contributed by atoms with van der Waals surface area (Å²) < 4.78 is 15.7. The highest BCUT2D eigenvalue weighted by molar-refractivity contribution is 5.65. The van der Waals surface area contributed by atoms with Crippen molar-refractivity contribution >= 4 is 5.65 Å². The molecule has 0 saturated heterocycles. The van der Waals surface area contributed by atoms with Gasteiger partial charge in [-0.15, -0.1) is 0 Å². The minimum absolute atomic E-state index is 0.235. The van der Waals surface area contributed by atoms with Crippen molar-refractivity contribution in [2.45, 2.75) is 26.4 Å². The van der Waals surface area contributed by atoms with Gasteiger partial charge in [-0.1, -0.05) is 36.4 Å². The molecule has 0 spiro atoms. The van der Waals surface area contributed by atoms with Crippen LogP contribution in [0, 0.1) is 12.7 Å². The lowest BCUT2D eigenvalue weighted by atomic mass is 10.0.